The molecule has 0 spiro atoms. The third-order valence-corrected chi connectivity index (χ3v) is 4.35. The van der Waals surface area contributed by atoms with Crippen LogP contribution in [0.2, 0.25) is 0 Å². The molecule has 154 valence electrons. The molecule has 1 aliphatic rings. The Bertz CT molecular complexity index is 543. The lowest BCUT2D eigenvalue weighted by Crippen LogP contribution is -2.44. The number of hydrogen-bond acceptors (Lipinski definition) is 4. The van der Waals surface area contributed by atoms with Crippen molar-refractivity contribution >= 4 is 29.9 Å². The van der Waals surface area contributed by atoms with Crippen molar-refractivity contribution in [3.8, 4) is 0 Å². The Morgan fingerprint density at radius 1 is 1.15 bits per heavy atom. The van der Waals surface area contributed by atoms with E-state index in [0.717, 1.165) is 45.3 Å². The van der Waals surface area contributed by atoms with Gasteiger partial charge in [-0.3, -0.25) is 9.89 Å². The minimum atomic E-state index is 0. The fourth-order valence-corrected chi connectivity index (χ4v) is 3.23. The van der Waals surface area contributed by atoms with Gasteiger partial charge in [-0.1, -0.05) is 24.3 Å². The summed E-state index contributed by atoms with van der Waals surface area (Å²) in [4.78, 5) is 6.70. The average molecular weight is 490 g/mol. The van der Waals surface area contributed by atoms with Crippen LogP contribution in [-0.2, 0) is 22.6 Å². The lowest BCUT2D eigenvalue weighted by Gasteiger charge is -2.35. The van der Waals surface area contributed by atoms with E-state index in [1.165, 1.54) is 11.1 Å². The lowest BCUT2D eigenvalue weighted by atomic mass is 10.1. The summed E-state index contributed by atoms with van der Waals surface area (Å²) in [5.41, 5.74) is 2.58. The van der Waals surface area contributed by atoms with Crippen LogP contribution < -0.4 is 10.6 Å². The van der Waals surface area contributed by atoms with E-state index in [9.17, 15) is 0 Å². The summed E-state index contributed by atoms with van der Waals surface area (Å²) in [6.45, 7) is 12.2. The summed E-state index contributed by atoms with van der Waals surface area (Å²) in [6, 6.07) is 8.80. The number of rotatable bonds is 8. The monoisotopic (exact) mass is 490 g/mol. The van der Waals surface area contributed by atoms with E-state index in [-0.39, 0.29) is 24.0 Å². The first-order chi connectivity index (χ1) is 12.6. The first-order valence-corrected chi connectivity index (χ1v) is 9.58. The van der Waals surface area contributed by atoms with Crippen molar-refractivity contribution in [1.82, 2.24) is 15.5 Å². The molecule has 0 radical (unpaired) electrons. The Morgan fingerprint density at radius 2 is 1.78 bits per heavy atom. The number of benzene rings is 1. The highest BCUT2D eigenvalue weighted by Crippen LogP contribution is 2.14. The number of hydrogen-bond donors (Lipinski definition) is 2. The largest absolute Gasteiger partial charge is 0.380 e. The van der Waals surface area contributed by atoms with Crippen LogP contribution in [0.3, 0.4) is 0 Å². The zero-order valence-electron chi connectivity index (χ0n) is 17.0. The van der Waals surface area contributed by atoms with E-state index in [1.807, 2.05) is 6.92 Å². The number of nitrogens with zero attached hydrogens (tertiary/aromatic N) is 2. The Morgan fingerprint density at radius 3 is 2.37 bits per heavy atom. The van der Waals surface area contributed by atoms with Crippen LogP contribution in [0.25, 0.3) is 0 Å². The van der Waals surface area contributed by atoms with Crippen molar-refractivity contribution in [3.05, 3.63) is 35.4 Å². The summed E-state index contributed by atoms with van der Waals surface area (Å²) in [5.74, 6) is 0.796. The number of ether oxygens (including phenoxy) is 2. The maximum absolute atomic E-state index is 5.80. The highest BCUT2D eigenvalue weighted by molar-refractivity contribution is 14.0. The van der Waals surface area contributed by atoms with E-state index in [1.54, 1.807) is 7.05 Å². The quantitative estimate of drug-likeness (QED) is 0.254. The van der Waals surface area contributed by atoms with Gasteiger partial charge in [0.1, 0.15) is 0 Å². The maximum Gasteiger partial charge on any atom is 0.191 e. The molecule has 0 amide bonds. The van der Waals surface area contributed by atoms with Crippen LogP contribution in [0.15, 0.2) is 29.3 Å². The van der Waals surface area contributed by atoms with Gasteiger partial charge < -0.3 is 20.1 Å². The molecular weight excluding hydrogens is 455 g/mol. The Kier molecular flexibility index (Phi) is 11.9. The normalized spacial score (nSPS) is 20.8. The second kappa shape index (κ2) is 13.3. The van der Waals surface area contributed by atoms with Gasteiger partial charge in [0, 0.05) is 46.4 Å². The van der Waals surface area contributed by atoms with E-state index < -0.39 is 0 Å². The smallest absolute Gasteiger partial charge is 0.191 e. The maximum atomic E-state index is 5.80. The third kappa shape index (κ3) is 9.23. The highest BCUT2D eigenvalue weighted by atomic mass is 127. The molecule has 6 nitrogen and oxygen atoms in total. The molecule has 7 heteroatoms. The molecule has 0 aromatic heterocycles. The van der Waals surface area contributed by atoms with Crippen molar-refractivity contribution in [2.24, 2.45) is 4.99 Å². The minimum absolute atomic E-state index is 0. The van der Waals surface area contributed by atoms with Gasteiger partial charge in [0.05, 0.1) is 18.8 Å². The van der Waals surface area contributed by atoms with Crippen molar-refractivity contribution in [2.45, 2.75) is 46.1 Å². The van der Waals surface area contributed by atoms with E-state index >= 15 is 0 Å². The van der Waals surface area contributed by atoms with Gasteiger partial charge in [-0.2, -0.15) is 0 Å². The first kappa shape index (κ1) is 24.1. The van der Waals surface area contributed by atoms with Crippen molar-refractivity contribution in [2.75, 3.05) is 39.9 Å². The van der Waals surface area contributed by atoms with E-state index in [4.69, 9.17) is 9.47 Å². The van der Waals surface area contributed by atoms with Gasteiger partial charge in [0.25, 0.3) is 0 Å². The molecule has 27 heavy (non-hydrogen) atoms. The average Bonchev–Trinajstić information content (AvgIpc) is 2.61. The van der Waals surface area contributed by atoms with Gasteiger partial charge in [0.2, 0.25) is 0 Å². The summed E-state index contributed by atoms with van der Waals surface area (Å²) in [7, 11) is 1.78. The van der Waals surface area contributed by atoms with E-state index in [0.29, 0.717) is 18.8 Å². The summed E-state index contributed by atoms with van der Waals surface area (Å²) in [5, 5.41) is 6.58. The topological polar surface area (TPSA) is 58.1 Å². The number of aliphatic imine (C=N–C) groups is 1. The van der Waals surface area contributed by atoms with Crippen LogP contribution in [0.5, 0.6) is 0 Å². The minimum Gasteiger partial charge on any atom is -0.380 e. The van der Waals surface area contributed by atoms with Crippen molar-refractivity contribution < 1.29 is 9.47 Å². The number of nitrogens with one attached hydrogen (secondary N) is 2. The predicted octanol–water partition coefficient (Wildman–Crippen LogP) is 2.62. The van der Waals surface area contributed by atoms with Gasteiger partial charge in [-0.15, -0.1) is 24.0 Å². The molecule has 1 aliphatic heterocycles. The molecule has 1 saturated heterocycles. The van der Waals surface area contributed by atoms with Crippen molar-refractivity contribution in [3.63, 3.8) is 0 Å². The lowest BCUT2D eigenvalue weighted by molar-refractivity contribution is -0.0704. The van der Waals surface area contributed by atoms with Gasteiger partial charge in [0.15, 0.2) is 5.96 Å². The summed E-state index contributed by atoms with van der Waals surface area (Å²) in [6.07, 6.45) is 0.619. The van der Waals surface area contributed by atoms with Crippen LogP contribution in [-0.4, -0.2) is 63.0 Å². The molecule has 1 aromatic carbocycles. The third-order valence-electron chi connectivity index (χ3n) is 4.35. The molecular formula is C20H35IN4O2. The van der Waals surface area contributed by atoms with Crippen molar-refractivity contribution in [1.29, 1.82) is 0 Å². The SMILES string of the molecule is CCOCCNC(=NC)NCc1ccc(CN2CC(C)OC(C)C2)cc1.I. The predicted molar refractivity (Wildman–Crippen MR) is 122 cm³/mol. The molecule has 1 fully saturated rings. The van der Waals surface area contributed by atoms with Gasteiger partial charge in [-0.05, 0) is 31.9 Å². The van der Waals surface area contributed by atoms with Crippen LogP contribution in [0.1, 0.15) is 31.9 Å². The Hall–Kier alpha value is -0.900. The molecule has 2 unspecified atom stereocenters. The second-order valence-corrected chi connectivity index (χ2v) is 6.82. The summed E-state index contributed by atoms with van der Waals surface area (Å²) >= 11 is 0. The Balaban J connectivity index is 0.00000364. The molecule has 0 bridgehead atoms. The number of halogens is 1. The summed E-state index contributed by atoms with van der Waals surface area (Å²) < 4.78 is 11.1. The van der Waals surface area contributed by atoms with Crippen LogP contribution in [0, 0.1) is 0 Å². The number of morpholine rings is 1. The Labute approximate surface area is 181 Å². The molecule has 1 heterocycles. The van der Waals surface area contributed by atoms with Crippen LogP contribution in [0.4, 0.5) is 0 Å². The fraction of sp³-hybridized carbons (Fsp3) is 0.650. The highest BCUT2D eigenvalue weighted by Gasteiger charge is 2.21. The molecule has 2 rings (SSSR count). The standard InChI is InChI=1S/C20H34N4O2.HI/c1-5-25-11-10-22-20(21-4)23-12-18-6-8-19(9-7-18)15-24-13-16(2)26-17(3)14-24;/h6-9,16-17H,5,10-15H2,1-4H3,(H2,21,22,23);1H. The molecule has 0 saturated carbocycles. The number of guanidine groups is 1. The molecule has 0 aliphatic carbocycles. The fourth-order valence-electron chi connectivity index (χ4n) is 3.23. The van der Waals surface area contributed by atoms with Crippen LogP contribution >= 0.6 is 24.0 Å². The second-order valence-electron chi connectivity index (χ2n) is 6.82. The van der Waals surface area contributed by atoms with E-state index in [2.05, 4.69) is 58.6 Å². The van der Waals surface area contributed by atoms with Gasteiger partial charge in [-0.25, -0.2) is 0 Å². The first-order valence-electron chi connectivity index (χ1n) is 9.58. The molecule has 1 aromatic rings. The zero-order valence-corrected chi connectivity index (χ0v) is 19.4. The van der Waals surface area contributed by atoms with Gasteiger partial charge >= 0.3 is 0 Å². The molecule has 2 N–H and O–H groups in total. The zero-order chi connectivity index (χ0) is 18.8. The molecule has 2 atom stereocenters.